The molecule has 0 radical (unpaired) electrons. The lowest BCUT2D eigenvalue weighted by Crippen LogP contribution is -2.49. The Hall–Kier alpha value is -0.650. The summed E-state index contributed by atoms with van der Waals surface area (Å²) in [5.74, 6) is 1.01. The number of nitrogens with zero attached hydrogens (tertiary/aromatic N) is 1. The molecule has 0 unspecified atom stereocenters. The molecule has 1 aromatic rings. The first-order chi connectivity index (χ1) is 15.0. The highest BCUT2D eigenvalue weighted by molar-refractivity contribution is 6.30. The van der Waals surface area contributed by atoms with Gasteiger partial charge in [0.2, 0.25) is 0 Å². The fourth-order valence-electron chi connectivity index (χ4n) is 5.85. The maximum absolute atomic E-state index is 12.0. The third-order valence-corrected chi connectivity index (χ3v) is 7.75. The van der Waals surface area contributed by atoms with Gasteiger partial charge in [-0.25, -0.2) is 0 Å². The molecule has 5 heteroatoms. The predicted octanol–water partition coefficient (Wildman–Crippen LogP) is 5.35. The number of rotatable bonds is 11. The Morgan fingerprint density at radius 2 is 2.00 bits per heavy atom. The van der Waals surface area contributed by atoms with E-state index in [2.05, 4.69) is 4.90 Å². The molecule has 31 heavy (non-hydrogen) atoms. The van der Waals surface area contributed by atoms with Crippen LogP contribution in [0, 0.1) is 11.8 Å². The quantitative estimate of drug-likeness (QED) is 0.446. The van der Waals surface area contributed by atoms with Crippen LogP contribution in [0.25, 0.3) is 0 Å². The van der Waals surface area contributed by atoms with Crippen molar-refractivity contribution in [1.29, 1.82) is 0 Å². The molecule has 2 fully saturated rings. The van der Waals surface area contributed by atoms with Crippen LogP contribution in [0.5, 0.6) is 0 Å². The average molecular weight is 451 g/mol. The van der Waals surface area contributed by atoms with Gasteiger partial charge < -0.3 is 20.5 Å². The van der Waals surface area contributed by atoms with Gasteiger partial charge in [-0.1, -0.05) is 55.8 Å². The fraction of sp³-hybridized carbons (Fsp3) is 0.769. The minimum atomic E-state index is -0.856. The van der Waals surface area contributed by atoms with Crippen LogP contribution >= 0.6 is 11.6 Å². The smallest absolute Gasteiger partial charge is 0.0937 e. The van der Waals surface area contributed by atoms with Gasteiger partial charge in [-0.3, -0.25) is 0 Å². The molecule has 2 aliphatic rings. The SMILES string of the molecule is COCCCC[C@@](O)(c1cccc(Cl)c1)[C@@H]1CCCN(C[C@@H](N)CC2CCCCC2)C1. The zero-order valence-corrected chi connectivity index (χ0v) is 20.2. The zero-order chi connectivity index (χ0) is 22.1. The van der Waals surface area contributed by atoms with Gasteiger partial charge >= 0.3 is 0 Å². The summed E-state index contributed by atoms with van der Waals surface area (Å²) in [4.78, 5) is 2.51. The van der Waals surface area contributed by atoms with Crippen molar-refractivity contribution in [2.24, 2.45) is 17.6 Å². The van der Waals surface area contributed by atoms with Crippen LogP contribution in [0.1, 0.15) is 76.2 Å². The Bertz CT molecular complexity index is 652. The number of hydrogen-bond donors (Lipinski definition) is 2. The van der Waals surface area contributed by atoms with Gasteiger partial charge in [-0.05, 0) is 68.7 Å². The van der Waals surface area contributed by atoms with Crippen molar-refractivity contribution in [3.05, 3.63) is 34.9 Å². The zero-order valence-electron chi connectivity index (χ0n) is 19.4. The first kappa shape index (κ1) is 25.0. The molecule has 3 atom stereocenters. The van der Waals surface area contributed by atoms with Crippen molar-refractivity contribution in [1.82, 2.24) is 4.90 Å². The average Bonchev–Trinajstić information content (AvgIpc) is 2.77. The minimum Gasteiger partial charge on any atom is -0.385 e. The number of benzene rings is 1. The Kier molecular flexibility index (Phi) is 10.1. The summed E-state index contributed by atoms with van der Waals surface area (Å²) >= 11 is 6.31. The molecule has 1 aromatic carbocycles. The second-order valence-corrected chi connectivity index (χ2v) is 10.4. The van der Waals surface area contributed by atoms with Crippen molar-refractivity contribution in [2.75, 3.05) is 33.4 Å². The molecule has 1 saturated heterocycles. The minimum absolute atomic E-state index is 0.198. The lowest BCUT2D eigenvalue weighted by Gasteiger charge is -2.43. The number of ether oxygens (including phenoxy) is 1. The molecular formula is C26H43ClN2O2. The van der Waals surface area contributed by atoms with Crippen LogP contribution in [0.4, 0.5) is 0 Å². The summed E-state index contributed by atoms with van der Waals surface area (Å²) in [6, 6.07) is 8.07. The van der Waals surface area contributed by atoms with Crippen LogP contribution in [0.2, 0.25) is 5.02 Å². The molecule has 0 aromatic heterocycles. The largest absolute Gasteiger partial charge is 0.385 e. The summed E-state index contributed by atoms with van der Waals surface area (Å²) in [6.07, 6.45) is 12.8. The third-order valence-electron chi connectivity index (χ3n) is 7.52. The van der Waals surface area contributed by atoms with Gasteiger partial charge in [-0.15, -0.1) is 0 Å². The molecule has 1 aliphatic carbocycles. The first-order valence-electron chi connectivity index (χ1n) is 12.5. The van der Waals surface area contributed by atoms with Crippen molar-refractivity contribution in [2.45, 2.75) is 82.3 Å². The predicted molar refractivity (Wildman–Crippen MR) is 129 cm³/mol. The van der Waals surface area contributed by atoms with E-state index in [0.29, 0.717) is 5.02 Å². The molecule has 1 saturated carbocycles. The number of hydrogen-bond acceptors (Lipinski definition) is 4. The third kappa shape index (κ3) is 7.43. The second-order valence-electron chi connectivity index (χ2n) is 9.98. The van der Waals surface area contributed by atoms with Gasteiger partial charge in [0, 0.05) is 43.8 Å². The molecule has 0 bridgehead atoms. The first-order valence-corrected chi connectivity index (χ1v) is 12.8. The number of aliphatic hydroxyl groups is 1. The molecule has 3 N–H and O–H groups in total. The van der Waals surface area contributed by atoms with E-state index < -0.39 is 5.60 Å². The van der Waals surface area contributed by atoms with Gasteiger partial charge in [0.05, 0.1) is 5.60 Å². The van der Waals surface area contributed by atoms with E-state index in [0.717, 1.165) is 76.2 Å². The monoisotopic (exact) mass is 450 g/mol. The standard InChI is InChI=1S/C26H43ClN2O2/c1-31-16-6-5-14-26(30,22-11-7-13-24(27)18-22)23-12-8-15-29(19-23)20-25(28)17-21-9-3-2-4-10-21/h7,11,13,18,21,23,25,30H,2-6,8-10,12,14-17,19-20,28H2,1H3/t23-,25+,26-/m1/s1. The normalized spacial score (nSPS) is 24.1. The van der Waals surface area contributed by atoms with E-state index in [9.17, 15) is 5.11 Å². The van der Waals surface area contributed by atoms with Gasteiger partial charge in [-0.2, -0.15) is 0 Å². The van der Waals surface area contributed by atoms with E-state index in [1.54, 1.807) is 7.11 Å². The number of unbranched alkanes of at least 4 members (excludes halogenated alkanes) is 1. The number of halogens is 1. The fourth-order valence-corrected chi connectivity index (χ4v) is 6.04. The Morgan fingerprint density at radius 1 is 1.19 bits per heavy atom. The summed E-state index contributed by atoms with van der Waals surface area (Å²) in [5.41, 5.74) is 6.70. The van der Waals surface area contributed by atoms with Gasteiger partial charge in [0.15, 0.2) is 0 Å². The van der Waals surface area contributed by atoms with Crippen LogP contribution in [0.15, 0.2) is 24.3 Å². The molecule has 1 heterocycles. The molecule has 0 amide bonds. The lowest BCUT2D eigenvalue weighted by molar-refractivity contribution is -0.0627. The summed E-state index contributed by atoms with van der Waals surface area (Å²) in [7, 11) is 1.73. The van der Waals surface area contributed by atoms with Crippen molar-refractivity contribution < 1.29 is 9.84 Å². The van der Waals surface area contributed by atoms with E-state index in [1.807, 2.05) is 24.3 Å². The summed E-state index contributed by atoms with van der Waals surface area (Å²) in [5, 5.41) is 12.7. The maximum atomic E-state index is 12.0. The Balaban J connectivity index is 1.64. The summed E-state index contributed by atoms with van der Waals surface area (Å²) in [6.45, 7) is 3.68. The summed E-state index contributed by atoms with van der Waals surface area (Å²) < 4.78 is 5.23. The Labute approximate surface area is 194 Å². The van der Waals surface area contributed by atoms with Crippen LogP contribution in [0.3, 0.4) is 0 Å². The molecule has 4 nitrogen and oxygen atoms in total. The molecular weight excluding hydrogens is 408 g/mol. The van der Waals surface area contributed by atoms with E-state index in [-0.39, 0.29) is 12.0 Å². The van der Waals surface area contributed by atoms with Gasteiger partial charge in [0.25, 0.3) is 0 Å². The topological polar surface area (TPSA) is 58.7 Å². The number of nitrogens with two attached hydrogens (primary N) is 1. The highest BCUT2D eigenvalue weighted by atomic mass is 35.5. The number of piperidine rings is 1. The van der Waals surface area contributed by atoms with Crippen molar-refractivity contribution in [3.8, 4) is 0 Å². The van der Waals surface area contributed by atoms with Crippen molar-refractivity contribution >= 4 is 11.6 Å². The highest BCUT2D eigenvalue weighted by Crippen LogP contribution is 2.40. The second kappa shape index (κ2) is 12.6. The van der Waals surface area contributed by atoms with E-state index >= 15 is 0 Å². The molecule has 176 valence electrons. The van der Waals surface area contributed by atoms with Gasteiger partial charge in [0.1, 0.15) is 0 Å². The van der Waals surface area contributed by atoms with Crippen LogP contribution in [-0.4, -0.2) is 49.4 Å². The molecule has 3 rings (SSSR count). The number of likely N-dealkylation sites (tertiary alicyclic amines) is 1. The molecule has 1 aliphatic heterocycles. The van der Waals surface area contributed by atoms with Crippen LogP contribution < -0.4 is 5.73 Å². The highest BCUT2D eigenvalue weighted by Gasteiger charge is 2.40. The lowest BCUT2D eigenvalue weighted by atomic mass is 9.74. The van der Waals surface area contributed by atoms with E-state index in [4.69, 9.17) is 22.1 Å². The van der Waals surface area contributed by atoms with Crippen LogP contribution in [-0.2, 0) is 10.3 Å². The van der Waals surface area contributed by atoms with E-state index in [1.165, 1.54) is 32.1 Å². The Morgan fingerprint density at radius 3 is 2.74 bits per heavy atom. The number of methoxy groups -OCH3 is 1. The maximum Gasteiger partial charge on any atom is 0.0937 e. The molecule has 0 spiro atoms. The van der Waals surface area contributed by atoms with Crippen molar-refractivity contribution in [3.63, 3.8) is 0 Å².